The lowest BCUT2D eigenvalue weighted by Gasteiger charge is -2.36. The van der Waals surface area contributed by atoms with Crippen LogP contribution in [0, 0.1) is 0 Å². The predicted molar refractivity (Wildman–Crippen MR) is 97.0 cm³/mol. The Morgan fingerprint density at radius 1 is 1.12 bits per heavy atom. The fourth-order valence-electron chi connectivity index (χ4n) is 3.18. The highest BCUT2D eigenvalue weighted by molar-refractivity contribution is 6.33. The molecule has 0 saturated carbocycles. The van der Waals surface area contributed by atoms with Gasteiger partial charge in [0.05, 0.1) is 20.3 Å². The van der Waals surface area contributed by atoms with Crippen LogP contribution in [-0.4, -0.2) is 36.6 Å². The smallest absolute Gasteiger partial charge is 0.254 e. The molecule has 0 fully saturated rings. The molecule has 3 rings (SSSR count). The van der Waals surface area contributed by atoms with E-state index in [1.54, 1.807) is 19.1 Å². The molecule has 7 heteroatoms. The predicted octanol–water partition coefficient (Wildman–Crippen LogP) is 4.17. The van der Waals surface area contributed by atoms with Crippen LogP contribution in [-0.2, 0) is 6.42 Å². The van der Waals surface area contributed by atoms with Crippen LogP contribution in [0.2, 0.25) is 10.3 Å². The standard InChI is InChI=1S/C18H18Cl2N2O3/c1-10-13-9-15(25-3)14(24-2)6-11(13)4-5-22(10)18(23)12-7-16(19)21-17(20)8-12/h6-10H,4-5H2,1-3H3/t10-/m0/s1. The minimum atomic E-state index is -0.126. The van der Waals surface area contributed by atoms with Crippen LogP contribution < -0.4 is 9.47 Å². The first-order valence-corrected chi connectivity index (χ1v) is 8.59. The second kappa shape index (κ2) is 7.10. The van der Waals surface area contributed by atoms with Crippen molar-refractivity contribution >= 4 is 29.1 Å². The maximum atomic E-state index is 12.9. The van der Waals surface area contributed by atoms with Crippen LogP contribution >= 0.6 is 23.2 Å². The number of methoxy groups -OCH3 is 2. The van der Waals surface area contributed by atoms with Crippen LogP contribution in [0.15, 0.2) is 24.3 Å². The molecular weight excluding hydrogens is 363 g/mol. The number of fused-ring (bicyclic) bond motifs is 1. The normalized spacial score (nSPS) is 16.4. The number of hydrogen-bond donors (Lipinski definition) is 0. The number of hydrogen-bond acceptors (Lipinski definition) is 4. The van der Waals surface area contributed by atoms with Crippen molar-refractivity contribution in [1.82, 2.24) is 9.88 Å². The molecule has 2 aromatic rings. The summed E-state index contributed by atoms with van der Waals surface area (Å²) in [6, 6.07) is 6.87. The fourth-order valence-corrected chi connectivity index (χ4v) is 3.64. The van der Waals surface area contributed by atoms with Gasteiger partial charge in [0.1, 0.15) is 10.3 Å². The Labute approximate surface area is 156 Å². The summed E-state index contributed by atoms with van der Waals surface area (Å²) in [5.41, 5.74) is 2.63. The average Bonchev–Trinajstić information content (AvgIpc) is 2.59. The quantitative estimate of drug-likeness (QED) is 0.749. The summed E-state index contributed by atoms with van der Waals surface area (Å²) in [6.45, 7) is 2.59. The number of pyridine rings is 1. The molecule has 132 valence electrons. The molecule has 5 nitrogen and oxygen atoms in total. The third-order valence-electron chi connectivity index (χ3n) is 4.46. The molecule has 0 spiro atoms. The van der Waals surface area contributed by atoms with Crippen LogP contribution in [0.1, 0.15) is 34.5 Å². The van der Waals surface area contributed by atoms with E-state index < -0.39 is 0 Å². The molecule has 0 unspecified atom stereocenters. The fraction of sp³-hybridized carbons (Fsp3) is 0.333. The van der Waals surface area contributed by atoms with Crippen LogP contribution in [0.3, 0.4) is 0 Å². The number of ether oxygens (including phenoxy) is 2. The van der Waals surface area contributed by atoms with Gasteiger partial charge in [0.25, 0.3) is 5.91 Å². The number of carbonyl (C=O) groups excluding carboxylic acids is 1. The highest BCUT2D eigenvalue weighted by Gasteiger charge is 2.30. The lowest BCUT2D eigenvalue weighted by atomic mass is 9.92. The van der Waals surface area contributed by atoms with Crippen molar-refractivity contribution in [3.63, 3.8) is 0 Å². The zero-order valence-electron chi connectivity index (χ0n) is 14.2. The second-order valence-corrected chi connectivity index (χ2v) is 6.61. The molecule has 2 heterocycles. The number of nitrogens with zero attached hydrogens (tertiary/aromatic N) is 2. The molecule has 0 radical (unpaired) electrons. The molecule has 0 saturated heterocycles. The van der Waals surface area contributed by atoms with Crippen LogP contribution in [0.5, 0.6) is 11.5 Å². The number of amides is 1. The minimum Gasteiger partial charge on any atom is -0.493 e. The van der Waals surface area contributed by atoms with E-state index in [0.29, 0.717) is 23.6 Å². The average molecular weight is 381 g/mol. The maximum Gasteiger partial charge on any atom is 0.254 e. The Bertz CT molecular complexity index is 806. The van der Waals surface area contributed by atoms with Crippen molar-refractivity contribution in [3.05, 3.63) is 51.3 Å². The Balaban J connectivity index is 1.95. The van der Waals surface area contributed by atoms with Crippen molar-refractivity contribution < 1.29 is 14.3 Å². The highest BCUT2D eigenvalue weighted by atomic mass is 35.5. The van der Waals surface area contributed by atoms with E-state index in [2.05, 4.69) is 4.98 Å². The zero-order valence-corrected chi connectivity index (χ0v) is 15.7. The third kappa shape index (κ3) is 3.39. The van der Waals surface area contributed by atoms with Gasteiger partial charge in [0.15, 0.2) is 11.5 Å². The molecule has 1 aliphatic heterocycles. The second-order valence-electron chi connectivity index (χ2n) is 5.83. The number of benzene rings is 1. The van der Waals surface area contributed by atoms with Gasteiger partial charge in [-0.15, -0.1) is 0 Å². The number of rotatable bonds is 3. The summed E-state index contributed by atoms with van der Waals surface area (Å²) in [4.78, 5) is 18.6. The largest absolute Gasteiger partial charge is 0.493 e. The first-order chi connectivity index (χ1) is 11.9. The van der Waals surface area contributed by atoms with E-state index in [-0.39, 0.29) is 22.3 Å². The van der Waals surface area contributed by atoms with Gasteiger partial charge < -0.3 is 14.4 Å². The minimum absolute atomic E-state index is 0.109. The molecule has 1 amide bonds. The highest BCUT2D eigenvalue weighted by Crippen LogP contribution is 2.38. The summed E-state index contributed by atoms with van der Waals surface area (Å²) < 4.78 is 10.8. The lowest BCUT2D eigenvalue weighted by molar-refractivity contribution is 0.0677. The van der Waals surface area contributed by atoms with Gasteiger partial charge in [0.2, 0.25) is 0 Å². The van der Waals surface area contributed by atoms with E-state index in [4.69, 9.17) is 32.7 Å². The molecule has 0 bridgehead atoms. The summed E-state index contributed by atoms with van der Waals surface area (Å²) in [5.74, 6) is 1.22. The van der Waals surface area contributed by atoms with E-state index >= 15 is 0 Å². The van der Waals surface area contributed by atoms with Crippen molar-refractivity contribution in [2.45, 2.75) is 19.4 Å². The topological polar surface area (TPSA) is 51.7 Å². The van der Waals surface area contributed by atoms with E-state index in [1.807, 2.05) is 19.1 Å². The van der Waals surface area contributed by atoms with Crippen molar-refractivity contribution in [1.29, 1.82) is 0 Å². The summed E-state index contributed by atoms with van der Waals surface area (Å²) in [5, 5.41) is 0.402. The van der Waals surface area contributed by atoms with Gasteiger partial charge in [-0.3, -0.25) is 4.79 Å². The van der Waals surface area contributed by atoms with E-state index in [0.717, 1.165) is 17.5 Å². The molecule has 0 N–H and O–H groups in total. The first kappa shape index (κ1) is 17.8. The molecule has 0 aliphatic carbocycles. The van der Waals surface area contributed by atoms with E-state index in [1.165, 1.54) is 12.1 Å². The number of halogens is 2. The Morgan fingerprint density at radius 3 is 2.32 bits per heavy atom. The number of aromatic nitrogens is 1. The van der Waals surface area contributed by atoms with Crippen molar-refractivity contribution in [2.24, 2.45) is 0 Å². The molecule has 25 heavy (non-hydrogen) atoms. The van der Waals surface area contributed by atoms with Gasteiger partial charge in [-0.2, -0.15) is 0 Å². The molecular formula is C18H18Cl2N2O3. The van der Waals surface area contributed by atoms with Gasteiger partial charge in [-0.05, 0) is 48.7 Å². The number of carbonyl (C=O) groups is 1. The van der Waals surface area contributed by atoms with Gasteiger partial charge in [0, 0.05) is 12.1 Å². The van der Waals surface area contributed by atoms with Crippen molar-refractivity contribution in [2.75, 3.05) is 20.8 Å². The van der Waals surface area contributed by atoms with Crippen LogP contribution in [0.25, 0.3) is 0 Å². The van der Waals surface area contributed by atoms with Crippen molar-refractivity contribution in [3.8, 4) is 11.5 Å². The Kier molecular flexibility index (Phi) is 5.06. The van der Waals surface area contributed by atoms with E-state index in [9.17, 15) is 4.79 Å². The van der Waals surface area contributed by atoms with Gasteiger partial charge in [-0.1, -0.05) is 23.2 Å². The molecule has 1 aromatic carbocycles. The van der Waals surface area contributed by atoms with Gasteiger partial charge >= 0.3 is 0 Å². The monoisotopic (exact) mass is 380 g/mol. The maximum absolute atomic E-state index is 12.9. The Morgan fingerprint density at radius 2 is 1.72 bits per heavy atom. The van der Waals surface area contributed by atoms with Crippen LogP contribution in [0.4, 0.5) is 0 Å². The third-order valence-corrected chi connectivity index (χ3v) is 4.84. The summed E-state index contributed by atoms with van der Waals surface area (Å²) in [7, 11) is 3.21. The summed E-state index contributed by atoms with van der Waals surface area (Å²) in [6.07, 6.45) is 0.734. The van der Waals surface area contributed by atoms with Gasteiger partial charge in [-0.25, -0.2) is 4.98 Å². The molecule has 1 aromatic heterocycles. The lowest BCUT2D eigenvalue weighted by Crippen LogP contribution is -2.39. The molecule has 1 atom stereocenters. The Hall–Kier alpha value is -1.98. The SMILES string of the molecule is COc1cc2c(cc1OC)[C@H](C)N(C(=O)c1cc(Cl)nc(Cl)c1)CC2. The first-order valence-electron chi connectivity index (χ1n) is 7.83. The summed E-state index contributed by atoms with van der Waals surface area (Å²) >= 11 is 11.9. The molecule has 1 aliphatic rings. The zero-order chi connectivity index (χ0) is 18.1.